The Morgan fingerprint density at radius 1 is 0.969 bits per heavy atom. The van der Waals surface area contributed by atoms with Crippen molar-refractivity contribution in [2.24, 2.45) is 5.92 Å². The van der Waals surface area contributed by atoms with Crippen LogP contribution in [0.15, 0.2) is 72.8 Å². The summed E-state index contributed by atoms with van der Waals surface area (Å²) in [5, 5.41) is 8.23. The first-order valence-corrected chi connectivity index (χ1v) is 10.7. The maximum absolute atomic E-state index is 10.0. The van der Waals surface area contributed by atoms with Gasteiger partial charge in [0.1, 0.15) is 0 Å². The lowest BCUT2D eigenvalue weighted by Crippen LogP contribution is -2.14. The Balaban J connectivity index is 0.000000179. The molecule has 0 amide bonds. The second-order valence-electron chi connectivity index (χ2n) is 7.47. The van der Waals surface area contributed by atoms with Crippen molar-refractivity contribution in [2.75, 3.05) is 20.5 Å². The number of carboxylic acid groups (broad SMARTS) is 1. The van der Waals surface area contributed by atoms with E-state index in [-0.39, 0.29) is 12.5 Å². The molecule has 0 radical (unpaired) electrons. The zero-order chi connectivity index (χ0) is 23.3. The van der Waals surface area contributed by atoms with Gasteiger partial charge < -0.3 is 19.3 Å². The van der Waals surface area contributed by atoms with E-state index in [1.165, 1.54) is 29.4 Å². The van der Waals surface area contributed by atoms with Gasteiger partial charge in [0.15, 0.2) is 11.5 Å². The lowest BCUT2D eigenvalue weighted by Gasteiger charge is -2.02. The van der Waals surface area contributed by atoms with Gasteiger partial charge in [-0.05, 0) is 54.7 Å². The summed E-state index contributed by atoms with van der Waals surface area (Å²) >= 11 is 0. The molecule has 32 heavy (non-hydrogen) atoms. The maximum atomic E-state index is 10.0. The van der Waals surface area contributed by atoms with Crippen molar-refractivity contribution in [1.29, 1.82) is 0 Å². The number of hydrogen-bond acceptors (Lipinski definition) is 4. The molecule has 0 aromatic heterocycles. The van der Waals surface area contributed by atoms with Crippen LogP contribution in [0.2, 0.25) is 0 Å². The molecule has 5 nitrogen and oxygen atoms in total. The number of hydrogen-bond donors (Lipinski definition) is 1. The van der Waals surface area contributed by atoms with Gasteiger partial charge in [-0.15, -0.1) is 0 Å². The molecule has 0 spiro atoms. The third kappa shape index (κ3) is 8.08. The van der Waals surface area contributed by atoms with Crippen LogP contribution >= 0.6 is 0 Å². The molecule has 0 saturated heterocycles. The highest BCUT2D eigenvalue weighted by Gasteiger charge is 2.11. The number of aryl methyl sites for hydroxylation is 2. The van der Waals surface area contributed by atoms with Gasteiger partial charge in [-0.2, -0.15) is 0 Å². The van der Waals surface area contributed by atoms with Crippen LogP contribution < -0.4 is 9.47 Å². The van der Waals surface area contributed by atoms with Crippen LogP contribution in [0.1, 0.15) is 25.0 Å². The van der Waals surface area contributed by atoms with Crippen LogP contribution in [0.4, 0.5) is 0 Å². The molecule has 1 aliphatic rings. The Morgan fingerprint density at radius 2 is 1.59 bits per heavy atom. The van der Waals surface area contributed by atoms with Gasteiger partial charge in [-0.3, -0.25) is 4.79 Å². The van der Waals surface area contributed by atoms with E-state index in [0.717, 1.165) is 17.9 Å². The summed E-state index contributed by atoms with van der Waals surface area (Å²) in [5.41, 5.74) is 5.17. The number of benzene rings is 3. The minimum atomic E-state index is -0.813. The Bertz CT molecular complexity index is 952. The van der Waals surface area contributed by atoms with Crippen LogP contribution in [0.3, 0.4) is 0 Å². The van der Waals surface area contributed by atoms with E-state index < -0.39 is 5.97 Å². The highest BCUT2D eigenvalue weighted by molar-refractivity contribution is 5.69. The fraction of sp³-hybridized carbons (Fsp3) is 0.296. The summed E-state index contributed by atoms with van der Waals surface area (Å²) < 4.78 is 14.9. The van der Waals surface area contributed by atoms with Crippen molar-refractivity contribution in [3.63, 3.8) is 0 Å². The van der Waals surface area contributed by atoms with Crippen molar-refractivity contribution < 1.29 is 24.1 Å². The summed E-state index contributed by atoms with van der Waals surface area (Å²) in [6.07, 6.45) is 1.11. The average Bonchev–Trinajstić information content (AvgIpc) is 3.28. The van der Waals surface area contributed by atoms with Crippen LogP contribution in [0.5, 0.6) is 11.5 Å². The molecular formula is C27H32O5. The topological polar surface area (TPSA) is 65.0 Å². The van der Waals surface area contributed by atoms with Crippen molar-refractivity contribution >= 4 is 5.97 Å². The lowest BCUT2D eigenvalue weighted by molar-refractivity contribution is -0.142. The first kappa shape index (κ1) is 25.0. The Hall–Kier alpha value is -3.31. The third-order valence-electron chi connectivity index (χ3n) is 4.84. The number of methoxy groups -OCH3 is 1. The molecule has 4 rings (SSSR count). The van der Waals surface area contributed by atoms with E-state index in [1.54, 1.807) is 6.92 Å². The largest absolute Gasteiger partial charge is 0.481 e. The molecule has 1 aliphatic heterocycles. The number of ether oxygens (including phenoxy) is 3. The minimum Gasteiger partial charge on any atom is -0.481 e. The van der Waals surface area contributed by atoms with E-state index in [2.05, 4.69) is 60.2 Å². The zero-order valence-corrected chi connectivity index (χ0v) is 19.2. The van der Waals surface area contributed by atoms with E-state index in [0.29, 0.717) is 6.79 Å². The Labute approximate surface area is 190 Å². The van der Waals surface area contributed by atoms with Gasteiger partial charge in [0.05, 0.1) is 12.5 Å². The van der Waals surface area contributed by atoms with E-state index in [4.69, 9.17) is 14.6 Å². The van der Waals surface area contributed by atoms with E-state index in [9.17, 15) is 4.79 Å². The number of rotatable bonds is 5. The monoisotopic (exact) mass is 436 g/mol. The quantitative estimate of drug-likeness (QED) is 0.532. The molecule has 1 atom stereocenters. The van der Waals surface area contributed by atoms with Gasteiger partial charge in [0.2, 0.25) is 6.79 Å². The normalized spacial score (nSPS) is 12.0. The molecule has 3 aromatic rings. The zero-order valence-electron chi connectivity index (χ0n) is 19.2. The summed E-state index contributed by atoms with van der Waals surface area (Å²) in [5.74, 6) is 0.512. The maximum Gasteiger partial charge on any atom is 0.308 e. The Morgan fingerprint density at radius 3 is 2.16 bits per heavy atom. The summed E-state index contributed by atoms with van der Waals surface area (Å²) in [7, 11) is 1.49. The molecule has 0 aliphatic carbocycles. The molecule has 1 N–H and O–H groups in total. The van der Waals surface area contributed by atoms with Crippen LogP contribution in [-0.4, -0.2) is 31.6 Å². The fourth-order valence-electron chi connectivity index (χ4n) is 2.89. The summed E-state index contributed by atoms with van der Waals surface area (Å²) in [4.78, 5) is 10.0. The lowest BCUT2D eigenvalue weighted by atomic mass is 10.0. The summed E-state index contributed by atoms with van der Waals surface area (Å²) in [6, 6.07) is 25.2. The van der Waals surface area contributed by atoms with Gasteiger partial charge >= 0.3 is 5.97 Å². The molecule has 170 valence electrons. The smallest absolute Gasteiger partial charge is 0.308 e. The number of aliphatic carboxylic acids is 1. The van der Waals surface area contributed by atoms with Gasteiger partial charge in [0, 0.05) is 7.11 Å². The van der Waals surface area contributed by atoms with E-state index in [1.807, 2.05) is 31.2 Å². The molecule has 0 bridgehead atoms. The number of carboxylic acids is 1. The molecule has 1 heterocycles. The van der Waals surface area contributed by atoms with Gasteiger partial charge in [0.25, 0.3) is 0 Å². The predicted molar refractivity (Wildman–Crippen MR) is 127 cm³/mol. The minimum absolute atomic E-state index is 0.287. The fourth-order valence-corrected chi connectivity index (χ4v) is 2.89. The van der Waals surface area contributed by atoms with Crippen LogP contribution in [0.25, 0.3) is 11.1 Å². The molecular weight excluding hydrogens is 404 g/mol. The van der Waals surface area contributed by atoms with Crippen molar-refractivity contribution in [1.82, 2.24) is 0 Å². The number of carbonyl (C=O) groups is 1. The van der Waals surface area contributed by atoms with Crippen LogP contribution in [0, 0.1) is 12.8 Å². The molecule has 0 saturated carbocycles. The van der Waals surface area contributed by atoms with Gasteiger partial charge in [-0.1, -0.05) is 67.6 Å². The van der Waals surface area contributed by atoms with Crippen molar-refractivity contribution in [2.45, 2.75) is 27.2 Å². The van der Waals surface area contributed by atoms with Crippen LogP contribution in [-0.2, 0) is 16.0 Å². The third-order valence-corrected chi connectivity index (χ3v) is 4.84. The second kappa shape index (κ2) is 13.2. The standard InChI is InChI=1S/C14H14.C8H8O2.C5H10O3/c1-2-12-8-10-14(11-9-12)13-6-4-3-5-7-13;1-6-2-3-7-8(4-6)10-5-9-7;1-4(3-8-2)5(6)7/h3-11H,2H2,1H3;2-4H,5H2,1H3;4H,3H2,1-2H3,(H,6,7)/t;;4-/m..0/s1. The number of fused-ring (bicyclic) bond motifs is 1. The summed E-state index contributed by atoms with van der Waals surface area (Å²) in [6.45, 7) is 6.46. The first-order chi connectivity index (χ1) is 15.4. The predicted octanol–water partition coefficient (Wildman–Crippen LogP) is 5.99. The van der Waals surface area contributed by atoms with Crippen molar-refractivity contribution in [3.05, 3.63) is 83.9 Å². The molecule has 3 aromatic carbocycles. The second-order valence-corrected chi connectivity index (χ2v) is 7.47. The highest BCUT2D eigenvalue weighted by atomic mass is 16.7. The molecule has 0 unspecified atom stereocenters. The van der Waals surface area contributed by atoms with Crippen molar-refractivity contribution in [3.8, 4) is 22.6 Å². The van der Waals surface area contributed by atoms with Gasteiger partial charge in [-0.25, -0.2) is 0 Å². The molecule has 5 heteroatoms. The van der Waals surface area contributed by atoms with E-state index >= 15 is 0 Å². The highest BCUT2D eigenvalue weighted by Crippen LogP contribution is 2.31. The SMILES string of the molecule is CCc1ccc(-c2ccccc2)cc1.COC[C@H](C)C(=O)O.Cc1ccc2c(c1)OCO2. The Kier molecular flexibility index (Phi) is 10.3. The molecule has 0 fully saturated rings. The first-order valence-electron chi connectivity index (χ1n) is 10.7. The average molecular weight is 437 g/mol.